The first-order valence-electron chi connectivity index (χ1n) is 14.4. The van der Waals surface area contributed by atoms with Crippen molar-refractivity contribution in [2.24, 2.45) is 17.8 Å². The minimum absolute atomic E-state index is 0.0526. The van der Waals surface area contributed by atoms with Crippen LogP contribution in [0.2, 0.25) is 0 Å². The molecule has 40 heavy (non-hydrogen) atoms. The van der Waals surface area contributed by atoms with Crippen molar-refractivity contribution in [3.63, 3.8) is 0 Å². The summed E-state index contributed by atoms with van der Waals surface area (Å²) < 4.78 is 20.5. The van der Waals surface area contributed by atoms with E-state index in [1.807, 2.05) is 37.4 Å². The highest BCUT2D eigenvalue weighted by molar-refractivity contribution is 5.67. The lowest BCUT2D eigenvalue weighted by atomic mass is 9.59. The third-order valence-corrected chi connectivity index (χ3v) is 9.15. The fourth-order valence-electron chi connectivity index (χ4n) is 7.22. The normalized spacial score (nSPS) is 23.3. The molecule has 2 saturated heterocycles. The van der Waals surface area contributed by atoms with E-state index in [9.17, 15) is 9.18 Å². The summed E-state index contributed by atoms with van der Waals surface area (Å²) in [5.74, 6) is 0.639. The third kappa shape index (κ3) is 5.72. The third-order valence-electron chi connectivity index (χ3n) is 9.15. The number of nitrogens with zero attached hydrogens (tertiary/aromatic N) is 3. The molecule has 2 aromatic rings. The summed E-state index contributed by atoms with van der Waals surface area (Å²) in [4.78, 5) is 17.2. The molecule has 0 saturated carbocycles. The number of hydrogen-bond donors (Lipinski definition) is 2. The van der Waals surface area contributed by atoms with Gasteiger partial charge in [-0.15, -0.1) is 0 Å². The van der Waals surface area contributed by atoms with E-state index < -0.39 is 11.5 Å². The summed E-state index contributed by atoms with van der Waals surface area (Å²) in [6, 6.07) is 17.0. The van der Waals surface area contributed by atoms with Crippen molar-refractivity contribution in [3.8, 4) is 6.07 Å². The fraction of sp³-hybridized carbons (Fsp3) is 0.500. The van der Waals surface area contributed by atoms with Crippen LogP contribution in [0.3, 0.4) is 0 Å². The summed E-state index contributed by atoms with van der Waals surface area (Å²) in [6.45, 7) is 5.80. The maximum Gasteiger partial charge on any atom is 0.407 e. The van der Waals surface area contributed by atoms with E-state index in [2.05, 4.69) is 38.7 Å². The Morgan fingerprint density at radius 2 is 1.90 bits per heavy atom. The molecule has 1 amide bonds. The van der Waals surface area contributed by atoms with Gasteiger partial charge in [0.05, 0.1) is 11.6 Å². The lowest BCUT2D eigenvalue weighted by molar-refractivity contribution is 0.0216. The Morgan fingerprint density at radius 1 is 1.15 bits per heavy atom. The molecule has 2 aromatic carbocycles. The maximum atomic E-state index is 14.6. The van der Waals surface area contributed by atoms with Crippen molar-refractivity contribution < 1.29 is 13.9 Å². The van der Waals surface area contributed by atoms with Gasteiger partial charge in [-0.3, -0.25) is 0 Å². The van der Waals surface area contributed by atoms with Crippen LogP contribution in [0.4, 0.5) is 14.9 Å². The van der Waals surface area contributed by atoms with Crippen molar-refractivity contribution >= 4 is 11.8 Å². The Bertz CT molecular complexity index is 1230. The van der Waals surface area contributed by atoms with Crippen LogP contribution in [-0.2, 0) is 10.2 Å². The summed E-state index contributed by atoms with van der Waals surface area (Å²) in [5.41, 5.74) is 2.44. The second-order valence-electron chi connectivity index (χ2n) is 11.5. The van der Waals surface area contributed by atoms with Crippen LogP contribution in [0.1, 0.15) is 30.4 Å². The summed E-state index contributed by atoms with van der Waals surface area (Å²) >= 11 is 0. The summed E-state index contributed by atoms with van der Waals surface area (Å²) in [6.07, 6.45) is 6.23. The van der Waals surface area contributed by atoms with E-state index >= 15 is 0 Å². The molecule has 0 spiro atoms. The first kappa shape index (κ1) is 28.1. The average Bonchev–Trinajstić information content (AvgIpc) is 3.42. The number of likely N-dealkylation sites (tertiary alicyclic amines) is 1. The molecule has 0 unspecified atom stereocenters. The van der Waals surface area contributed by atoms with Gasteiger partial charge in [0.15, 0.2) is 0 Å². The van der Waals surface area contributed by atoms with Crippen LogP contribution < -0.4 is 15.5 Å². The van der Waals surface area contributed by atoms with Crippen LogP contribution in [0.15, 0.2) is 60.7 Å². The molecule has 5 rings (SSSR count). The standard InChI is InChI=1S/C32H40FN5O2/c1-35-22-32(26-5-3-6-27(33)17-26,29-7-4-8-30(29)40-31(39)36-2)25-13-15-37(16-14-25)19-24-20-38(21-24)28-11-9-23(18-34)10-12-28/h3-7,9-12,17,24-25,29-30,35H,8,13-16,19-22H2,1-2H3,(H,36,39)/t29-,30-,32+/m0/s1. The molecule has 0 bridgehead atoms. The van der Waals surface area contributed by atoms with Crippen molar-refractivity contribution in [1.82, 2.24) is 15.5 Å². The van der Waals surface area contributed by atoms with Gasteiger partial charge in [-0.05, 0) is 80.9 Å². The number of nitrogens with one attached hydrogen (secondary N) is 2. The molecule has 2 fully saturated rings. The Morgan fingerprint density at radius 3 is 2.55 bits per heavy atom. The van der Waals surface area contributed by atoms with Crippen LogP contribution in [-0.4, -0.2) is 70.5 Å². The van der Waals surface area contributed by atoms with E-state index in [-0.39, 0.29) is 17.8 Å². The molecular weight excluding hydrogens is 505 g/mol. The molecule has 3 atom stereocenters. The monoisotopic (exact) mass is 545 g/mol. The second-order valence-corrected chi connectivity index (χ2v) is 11.5. The van der Waals surface area contributed by atoms with Crippen LogP contribution in [0, 0.1) is 34.9 Å². The molecule has 3 aliphatic rings. The molecule has 8 heteroatoms. The number of nitriles is 1. The number of carbonyl (C=O) groups is 1. The highest BCUT2D eigenvalue weighted by Crippen LogP contribution is 2.49. The maximum absolute atomic E-state index is 14.6. The van der Waals surface area contributed by atoms with Gasteiger partial charge < -0.3 is 25.2 Å². The number of amides is 1. The number of benzene rings is 2. The number of halogens is 1. The van der Waals surface area contributed by atoms with Gasteiger partial charge >= 0.3 is 6.09 Å². The minimum Gasteiger partial charge on any atom is -0.445 e. The molecular formula is C32H40FN5O2. The molecule has 2 heterocycles. The molecule has 212 valence electrons. The fourth-order valence-corrected chi connectivity index (χ4v) is 7.22. The van der Waals surface area contributed by atoms with Gasteiger partial charge in [0.2, 0.25) is 0 Å². The van der Waals surface area contributed by atoms with Gasteiger partial charge in [-0.25, -0.2) is 9.18 Å². The Hall–Kier alpha value is -3.41. The zero-order valence-electron chi connectivity index (χ0n) is 23.5. The Kier molecular flexibility index (Phi) is 8.72. The molecule has 2 N–H and O–H groups in total. The van der Waals surface area contributed by atoms with Crippen LogP contribution in [0.5, 0.6) is 0 Å². The van der Waals surface area contributed by atoms with Crippen LogP contribution in [0.25, 0.3) is 0 Å². The number of rotatable bonds is 9. The number of alkyl carbamates (subject to hydrolysis) is 1. The van der Waals surface area contributed by atoms with Crippen molar-refractivity contribution in [3.05, 3.63) is 77.6 Å². The van der Waals surface area contributed by atoms with E-state index in [1.54, 1.807) is 19.2 Å². The number of ether oxygens (including phenoxy) is 1. The lowest BCUT2D eigenvalue weighted by Gasteiger charge is -2.50. The predicted molar refractivity (Wildman–Crippen MR) is 155 cm³/mol. The molecule has 2 aliphatic heterocycles. The predicted octanol–water partition coefficient (Wildman–Crippen LogP) is 4.30. The number of likely N-dealkylation sites (N-methyl/N-ethyl adjacent to an activating group) is 1. The molecule has 0 radical (unpaired) electrons. The summed E-state index contributed by atoms with van der Waals surface area (Å²) in [7, 11) is 3.53. The van der Waals surface area contributed by atoms with Crippen LogP contribution >= 0.6 is 0 Å². The number of hydrogen-bond acceptors (Lipinski definition) is 6. The van der Waals surface area contributed by atoms with Gasteiger partial charge in [-0.1, -0.05) is 24.3 Å². The quantitative estimate of drug-likeness (QED) is 0.458. The Balaban J connectivity index is 1.28. The lowest BCUT2D eigenvalue weighted by Crippen LogP contribution is -2.56. The Labute approximate surface area is 237 Å². The number of carbonyl (C=O) groups excluding carboxylic acids is 1. The second kappa shape index (κ2) is 12.4. The van der Waals surface area contributed by atoms with Crippen molar-refractivity contribution in [2.45, 2.75) is 30.8 Å². The van der Waals surface area contributed by atoms with Crippen molar-refractivity contribution in [1.29, 1.82) is 5.26 Å². The zero-order chi connectivity index (χ0) is 28.1. The van der Waals surface area contributed by atoms with Crippen molar-refractivity contribution in [2.75, 3.05) is 58.3 Å². The molecule has 7 nitrogen and oxygen atoms in total. The number of anilines is 1. The van der Waals surface area contributed by atoms with Gasteiger partial charge in [0.1, 0.15) is 11.9 Å². The molecule has 1 aliphatic carbocycles. The minimum atomic E-state index is -0.429. The van der Waals surface area contributed by atoms with Gasteiger partial charge in [0, 0.05) is 62.6 Å². The smallest absolute Gasteiger partial charge is 0.407 e. The van der Waals surface area contributed by atoms with Gasteiger partial charge in [-0.2, -0.15) is 5.26 Å². The van der Waals surface area contributed by atoms with Gasteiger partial charge in [0.25, 0.3) is 0 Å². The van der Waals surface area contributed by atoms with E-state index in [0.717, 1.165) is 51.1 Å². The molecule has 0 aromatic heterocycles. The highest BCUT2D eigenvalue weighted by atomic mass is 19.1. The first-order chi connectivity index (χ1) is 19.5. The average molecular weight is 546 g/mol. The van der Waals surface area contributed by atoms with E-state index in [0.29, 0.717) is 30.4 Å². The van der Waals surface area contributed by atoms with E-state index in [1.165, 1.54) is 11.8 Å². The topological polar surface area (TPSA) is 80.6 Å². The largest absolute Gasteiger partial charge is 0.445 e. The zero-order valence-corrected chi connectivity index (χ0v) is 23.5. The van der Waals surface area contributed by atoms with E-state index in [4.69, 9.17) is 10.00 Å². The first-order valence-corrected chi connectivity index (χ1v) is 14.4. The SMILES string of the molecule is CNC[C@](c1cccc(F)c1)(C1CCN(CC2CN(c3ccc(C#N)cc3)C2)CC1)[C@H]1C=CC[C@@H]1OC(=O)NC. The summed E-state index contributed by atoms with van der Waals surface area (Å²) in [5, 5.41) is 15.1. The number of piperidine rings is 1. The highest BCUT2D eigenvalue weighted by Gasteiger charge is 2.51.